The molecule has 0 rings (SSSR count). The monoisotopic (exact) mass is 374 g/mol. The van der Waals surface area contributed by atoms with Crippen molar-refractivity contribution in [3.63, 3.8) is 0 Å². The van der Waals surface area contributed by atoms with Crippen LogP contribution in [0.4, 0.5) is 0 Å². The summed E-state index contributed by atoms with van der Waals surface area (Å²) in [5, 5.41) is 0. The normalized spacial score (nSPS) is 11.5. The van der Waals surface area contributed by atoms with Gasteiger partial charge < -0.3 is 4.74 Å². The first-order valence-electron chi connectivity index (χ1n) is 9.84. The number of hydrogen-bond donors (Lipinski definition) is 0. The second-order valence-electron chi connectivity index (χ2n) is 7.63. The highest BCUT2D eigenvalue weighted by atomic mass is 35.6. The highest BCUT2D eigenvalue weighted by Gasteiger charge is 2.15. The van der Waals surface area contributed by atoms with Gasteiger partial charge in [-0.2, -0.15) is 11.1 Å². The van der Waals surface area contributed by atoms with Gasteiger partial charge in [0.15, 0.2) is 0 Å². The Morgan fingerprint density at radius 1 is 0.833 bits per heavy atom. The summed E-state index contributed by atoms with van der Waals surface area (Å²) in [6.45, 7) is 10.3. The number of unbranched alkanes of at least 4 members (excludes halogenated alkanes) is 11. The molecule has 0 aromatic heterocycles. The third-order valence-corrected chi connectivity index (χ3v) is 6.36. The number of halogens is 1. The molecule has 0 aliphatic carbocycles. The lowest BCUT2D eigenvalue weighted by molar-refractivity contribution is -0.139. The van der Waals surface area contributed by atoms with Crippen molar-refractivity contribution in [2.75, 3.05) is 6.61 Å². The van der Waals surface area contributed by atoms with Gasteiger partial charge in [-0.25, -0.2) is 4.79 Å². The van der Waals surface area contributed by atoms with Gasteiger partial charge >= 0.3 is 5.97 Å². The van der Waals surface area contributed by atoms with Crippen molar-refractivity contribution in [2.24, 2.45) is 0 Å². The van der Waals surface area contributed by atoms with Gasteiger partial charge in [0.1, 0.15) is 7.38 Å². The fourth-order valence-electron chi connectivity index (χ4n) is 2.70. The minimum absolute atomic E-state index is 0.261. The molecule has 0 aliphatic rings. The predicted molar refractivity (Wildman–Crippen MR) is 109 cm³/mol. The maximum atomic E-state index is 11.2. The van der Waals surface area contributed by atoms with Crippen LogP contribution in [0.25, 0.3) is 0 Å². The predicted octanol–water partition coefficient (Wildman–Crippen LogP) is 7.23. The van der Waals surface area contributed by atoms with E-state index in [1.54, 1.807) is 6.92 Å². The van der Waals surface area contributed by atoms with Crippen molar-refractivity contribution in [3.05, 3.63) is 12.2 Å². The van der Waals surface area contributed by atoms with Crippen LogP contribution in [0.2, 0.25) is 19.1 Å². The molecule has 0 unspecified atom stereocenters. The lowest BCUT2D eigenvalue weighted by atomic mass is 10.1. The van der Waals surface area contributed by atoms with Gasteiger partial charge in [-0.1, -0.05) is 90.3 Å². The maximum absolute atomic E-state index is 11.2. The van der Waals surface area contributed by atoms with Gasteiger partial charge in [-0.3, -0.25) is 0 Å². The number of rotatable bonds is 16. The van der Waals surface area contributed by atoms with E-state index in [9.17, 15) is 4.79 Å². The smallest absolute Gasteiger partial charge is 0.333 e. The van der Waals surface area contributed by atoms with Gasteiger partial charge in [0.25, 0.3) is 0 Å². The molecule has 0 heterocycles. The van der Waals surface area contributed by atoms with E-state index in [4.69, 9.17) is 15.8 Å². The Hall–Kier alpha value is -0.283. The highest BCUT2D eigenvalue weighted by molar-refractivity contribution is 7.19. The number of carbonyl (C=O) groups is 1. The molecule has 0 saturated heterocycles. The van der Waals surface area contributed by atoms with Crippen LogP contribution in [0.5, 0.6) is 0 Å². The summed E-state index contributed by atoms with van der Waals surface area (Å²) in [7, 11) is -1.33. The minimum Gasteiger partial charge on any atom is -0.462 e. The van der Waals surface area contributed by atoms with Gasteiger partial charge in [-0.15, -0.1) is 0 Å². The summed E-state index contributed by atoms with van der Waals surface area (Å²) in [5.74, 6) is -0.261. The Bertz CT molecular complexity index is 337. The van der Waals surface area contributed by atoms with E-state index in [0.717, 1.165) is 12.8 Å². The van der Waals surface area contributed by atoms with Gasteiger partial charge in [-0.05, 0) is 19.4 Å². The first kappa shape index (κ1) is 23.7. The van der Waals surface area contributed by atoms with Crippen molar-refractivity contribution in [1.82, 2.24) is 0 Å². The zero-order chi connectivity index (χ0) is 18.3. The van der Waals surface area contributed by atoms with Crippen LogP contribution in [0.1, 0.15) is 84.0 Å². The summed E-state index contributed by atoms with van der Waals surface area (Å²) in [4.78, 5) is 11.2. The summed E-state index contributed by atoms with van der Waals surface area (Å²) in [6.07, 6.45) is 15.6. The SMILES string of the molecule is C=C(C)C(=O)OCCCCCCCCCCCCCC[Si](C)(C)Cl. The number of hydrogen-bond acceptors (Lipinski definition) is 2. The quantitative estimate of drug-likeness (QED) is 0.0935. The molecule has 0 amide bonds. The second-order valence-corrected chi connectivity index (χ2v) is 14.6. The lowest BCUT2D eigenvalue weighted by Gasteiger charge is -2.11. The molecule has 0 saturated carbocycles. The fraction of sp³-hybridized carbons (Fsp3) is 0.850. The Morgan fingerprint density at radius 2 is 1.21 bits per heavy atom. The third kappa shape index (κ3) is 18.1. The van der Waals surface area contributed by atoms with Crippen molar-refractivity contribution in [2.45, 2.75) is 103 Å². The van der Waals surface area contributed by atoms with Crippen LogP contribution in [-0.4, -0.2) is 20.0 Å². The Morgan fingerprint density at radius 3 is 1.58 bits per heavy atom. The molecular formula is C20H39ClO2Si. The van der Waals surface area contributed by atoms with E-state index < -0.39 is 7.38 Å². The zero-order valence-corrected chi connectivity index (χ0v) is 18.1. The Kier molecular flexibility index (Phi) is 14.8. The van der Waals surface area contributed by atoms with Crippen LogP contribution in [-0.2, 0) is 9.53 Å². The summed E-state index contributed by atoms with van der Waals surface area (Å²) in [6, 6.07) is 1.26. The number of carbonyl (C=O) groups excluding carboxylic acids is 1. The number of ether oxygens (including phenoxy) is 1. The molecule has 24 heavy (non-hydrogen) atoms. The standard InChI is InChI=1S/C20H39ClO2Si/c1-19(2)20(22)23-17-15-13-11-9-7-5-6-8-10-12-14-16-18-24(3,4)21/h1,5-18H2,2-4H3. The van der Waals surface area contributed by atoms with Gasteiger partial charge in [0.05, 0.1) is 6.61 Å². The first-order valence-corrected chi connectivity index (χ1v) is 14.1. The molecule has 0 radical (unpaired) electrons. The molecule has 0 N–H and O–H groups in total. The van der Waals surface area contributed by atoms with Crippen LogP contribution in [0.15, 0.2) is 12.2 Å². The minimum atomic E-state index is -1.33. The van der Waals surface area contributed by atoms with E-state index in [1.807, 2.05) is 0 Å². The average Bonchev–Trinajstić information content (AvgIpc) is 2.49. The van der Waals surface area contributed by atoms with E-state index in [0.29, 0.717) is 12.2 Å². The van der Waals surface area contributed by atoms with E-state index in [1.165, 1.54) is 70.3 Å². The second kappa shape index (κ2) is 15.0. The first-order chi connectivity index (χ1) is 11.3. The van der Waals surface area contributed by atoms with Gasteiger partial charge in [0.2, 0.25) is 0 Å². The van der Waals surface area contributed by atoms with Crippen molar-refractivity contribution in [3.8, 4) is 0 Å². The maximum Gasteiger partial charge on any atom is 0.333 e. The Labute approximate surface area is 156 Å². The molecule has 142 valence electrons. The van der Waals surface area contributed by atoms with E-state index in [-0.39, 0.29) is 5.97 Å². The summed E-state index contributed by atoms with van der Waals surface area (Å²) in [5.41, 5.74) is 0.486. The van der Waals surface area contributed by atoms with Crippen LogP contribution in [0.3, 0.4) is 0 Å². The van der Waals surface area contributed by atoms with Crippen molar-refractivity contribution < 1.29 is 9.53 Å². The van der Waals surface area contributed by atoms with Crippen molar-refractivity contribution >= 4 is 24.4 Å². The van der Waals surface area contributed by atoms with Gasteiger partial charge in [0, 0.05) is 5.57 Å². The molecular weight excluding hydrogens is 336 g/mol. The largest absolute Gasteiger partial charge is 0.462 e. The number of esters is 1. The third-order valence-electron chi connectivity index (χ3n) is 4.25. The molecule has 0 atom stereocenters. The van der Waals surface area contributed by atoms with E-state index in [2.05, 4.69) is 19.7 Å². The molecule has 4 heteroatoms. The zero-order valence-electron chi connectivity index (χ0n) is 16.3. The van der Waals surface area contributed by atoms with Crippen LogP contribution in [0, 0.1) is 0 Å². The molecule has 0 aromatic rings. The molecule has 0 aromatic carbocycles. The molecule has 0 spiro atoms. The lowest BCUT2D eigenvalue weighted by Crippen LogP contribution is -2.14. The molecule has 0 bridgehead atoms. The summed E-state index contributed by atoms with van der Waals surface area (Å²) >= 11 is 6.32. The Balaban J connectivity index is 3.13. The topological polar surface area (TPSA) is 26.3 Å². The highest BCUT2D eigenvalue weighted by Crippen LogP contribution is 2.19. The average molecular weight is 375 g/mol. The fourth-order valence-corrected chi connectivity index (χ4v) is 4.19. The summed E-state index contributed by atoms with van der Waals surface area (Å²) < 4.78 is 5.08. The van der Waals surface area contributed by atoms with E-state index >= 15 is 0 Å². The molecule has 0 aliphatic heterocycles. The van der Waals surface area contributed by atoms with Crippen molar-refractivity contribution in [1.29, 1.82) is 0 Å². The molecule has 2 nitrogen and oxygen atoms in total. The van der Waals surface area contributed by atoms with Crippen LogP contribution < -0.4 is 0 Å². The van der Waals surface area contributed by atoms with Crippen LogP contribution >= 0.6 is 11.1 Å². The molecule has 0 fully saturated rings.